The lowest BCUT2D eigenvalue weighted by Crippen LogP contribution is -2.44. The van der Waals surface area contributed by atoms with E-state index in [0.717, 1.165) is 0 Å². The maximum absolute atomic E-state index is 12.0. The zero-order chi connectivity index (χ0) is 13.8. The molecule has 0 saturated carbocycles. The van der Waals surface area contributed by atoms with Crippen LogP contribution in [0.25, 0.3) is 0 Å². The minimum absolute atomic E-state index is 0.0564. The van der Waals surface area contributed by atoms with Gasteiger partial charge in [-0.05, 0) is 39.9 Å². The number of amides is 1. The molecule has 100 valence electrons. The molecule has 4 nitrogen and oxygen atoms in total. The summed E-state index contributed by atoms with van der Waals surface area (Å²) in [6, 6.07) is 3.37. The van der Waals surface area contributed by atoms with Crippen LogP contribution in [-0.2, 0) is 0 Å². The molecule has 1 rings (SSSR count). The monoisotopic (exact) mass is 314 g/mol. The number of hydrogen-bond donors (Lipinski definition) is 2. The Morgan fingerprint density at radius 1 is 1.50 bits per heavy atom. The second-order valence-electron chi connectivity index (χ2n) is 5.27. The number of aliphatic hydroxyl groups is 1. The van der Waals surface area contributed by atoms with Gasteiger partial charge in [0.2, 0.25) is 0 Å². The highest BCUT2D eigenvalue weighted by atomic mass is 79.9. The molecule has 0 saturated heterocycles. The third-order valence-electron chi connectivity index (χ3n) is 2.76. The molecular weight excluding hydrogens is 296 g/mol. The number of hydrogen-bond acceptors (Lipinski definition) is 3. The smallest absolute Gasteiger partial charge is 0.253 e. The highest BCUT2D eigenvalue weighted by Gasteiger charge is 2.26. The van der Waals surface area contributed by atoms with Gasteiger partial charge in [-0.1, -0.05) is 20.8 Å². The first-order valence-electron chi connectivity index (χ1n) is 5.88. The molecular formula is C13H19BrN2O2. The van der Waals surface area contributed by atoms with Crippen molar-refractivity contribution in [3.8, 4) is 0 Å². The highest BCUT2D eigenvalue weighted by Crippen LogP contribution is 2.22. The fourth-order valence-corrected chi connectivity index (χ4v) is 1.84. The normalized spacial score (nSPS) is 13.2. The Labute approximate surface area is 116 Å². The summed E-state index contributed by atoms with van der Waals surface area (Å²) >= 11 is 3.23. The van der Waals surface area contributed by atoms with E-state index >= 15 is 0 Å². The minimum Gasteiger partial charge on any atom is -0.396 e. The summed E-state index contributed by atoms with van der Waals surface area (Å²) < 4.78 is 0.696. The first kappa shape index (κ1) is 15.1. The van der Waals surface area contributed by atoms with Crippen LogP contribution in [-0.4, -0.2) is 28.6 Å². The molecule has 1 atom stereocenters. The van der Waals surface area contributed by atoms with Gasteiger partial charge in [-0.3, -0.25) is 4.79 Å². The van der Waals surface area contributed by atoms with E-state index in [0.29, 0.717) is 16.6 Å². The highest BCUT2D eigenvalue weighted by molar-refractivity contribution is 9.10. The Morgan fingerprint density at radius 3 is 2.61 bits per heavy atom. The predicted octanol–water partition coefficient (Wildman–Crippen LogP) is 2.37. The topological polar surface area (TPSA) is 62.2 Å². The zero-order valence-corrected chi connectivity index (χ0v) is 12.5. The average Bonchev–Trinajstić information content (AvgIpc) is 2.28. The maximum atomic E-state index is 12.0. The van der Waals surface area contributed by atoms with Crippen molar-refractivity contribution in [1.82, 2.24) is 10.3 Å². The van der Waals surface area contributed by atoms with Crippen molar-refractivity contribution < 1.29 is 9.90 Å². The molecule has 1 heterocycles. The molecule has 0 aliphatic rings. The molecule has 18 heavy (non-hydrogen) atoms. The van der Waals surface area contributed by atoms with Crippen LogP contribution < -0.4 is 5.32 Å². The van der Waals surface area contributed by atoms with E-state index in [1.165, 1.54) is 6.20 Å². The van der Waals surface area contributed by atoms with Gasteiger partial charge in [0.15, 0.2) is 0 Å². The van der Waals surface area contributed by atoms with Gasteiger partial charge in [0, 0.05) is 18.8 Å². The number of aromatic nitrogens is 1. The predicted molar refractivity (Wildman–Crippen MR) is 74.3 cm³/mol. The first-order valence-corrected chi connectivity index (χ1v) is 6.67. The number of aliphatic hydroxyl groups excluding tert-OH is 1. The van der Waals surface area contributed by atoms with E-state index in [9.17, 15) is 4.79 Å². The van der Waals surface area contributed by atoms with Crippen LogP contribution in [0.15, 0.2) is 22.9 Å². The second-order valence-corrected chi connectivity index (χ2v) is 6.09. The van der Waals surface area contributed by atoms with Gasteiger partial charge in [0.25, 0.3) is 5.91 Å². The van der Waals surface area contributed by atoms with E-state index in [2.05, 4.69) is 26.2 Å². The molecule has 0 fully saturated rings. The number of carbonyl (C=O) groups excluding carboxylic acids is 1. The summed E-state index contributed by atoms with van der Waals surface area (Å²) in [6.45, 7) is 6.16. The van der Waals surface area contributed by atoms with E-state index in [1.807, 2.05) is 20.8 Å². The molecule has 0 spiro atoms. The molecule has 0 radical (unpaired) electrons. The number of rotatable bonds is 4. The minimum atomic E-state index is -0.164. The van der Waals surface area contributed by atoms with Gasteiger partial charge >= 0.3 is 0 Å². The molecule has 0 aromatic carbocycles. The second kappa shape index (κ2) is 6.29. The summed E-state index contributed by atoms with van der Waals surface area (Å²) in [5.74, 6) is -0.164. The molecule has 0 aliphatic carbocycles. The van der Waals surface area contributed by atoms with Gasteiger partial charge in [-0.15, -0.1) is 0 Å². The average molecular weight is 315 g/mol. The SMILES string of the molecule is CC(C)(C)C(CCO)NC(=O)c1ccc(Br)nc1. The molecule has 2 N–H and O–H groups in total. The number of carbonyl (C=O) groups is 1. The lowest BCUT2D eigenvalue weighted by molar-refractivity contribution is 0.0885. The quantitative estimate of drug-likeness (QED) is 0.839. The molecule has 5 heteroatoms. The third kappa shape index (κ3) is 4.38. The lowest BCUT2D eigenvalue weighted by Gasteiger charge is -2.31. The number of nitrogens with zero attached hydrogens (tertiary/aromatic N) is 1. The number of pyridine rings is 1. The first-order chi connectivity index (χ1) is 8.34. The Kier molecular flexibility index (Phi) is 5.28. The van der Waals surface area contributed by atoms with Crippen LogP contribution in [0, 0.1) is 5.41 Å². The van der Waals surface area contributed by atoms with Crippen LogP contribution in [0.2, 0.25) is 0 Å². The summed E-state index contributed by atoms with van der Waals surface area (Å²) in [5.41, 5.74) is 0.423. The Morgan fingerprint density at radius 2 is 2.17 bits per heavy atom. The largest absolute Gasteiger partial charge is 0.396 e. The summed E-state index contributed by atoms with van der Waals surface area (Å²) in [7, 11) is 0. The van der Waals surface area contributed by atoms with E-state index < -0.39 is 0 Å². The van der Waals surface area contributed by atoms with Crippen LogP contribution in [0.1, 0.15) is 37.6 Å². The molecule has 0 aliphatic heterocycles. The van der Waals surface area contributed by atoms with Crippen molar-refractivity contribution in [2.24, 2.45) is 5.41 Å². The van der Waals surface area contributed by atoms with Crippen molar-refractivity contribution in [3.63, 3.8) is 0 Å². The van der Waals surface area contributed by atoms with Crippen LogP contribution in [0.3, 0.4) is 0 Å². The van der Waals surface area contributed by atoms with Crippen LogP contribution in [0.5, 0.6) is 0 Å². The number of halogens is 1. The Hall–Kier alpha value is -0.940. The van der Waals surface area contributed by atoms with Crippen molar-refractivity contribution in [3.05, 3.63) is 28.5 Å². The molecule has 1 aromatic heterocycles. The van der Waals surface area contributed by atoms with Gasteiger partial charge < -0.3 is 10.4 Å². The third-order valence-corrected chi connectivity index (χ3v) is 3.23. The van der Waals surface area contributed by atoms with Crippen LogP contribution in [0.4, 0.5) is 0 Å². The van der Waals surface area contributed by atoms with Gasteiger partial charge in [-0.2, -0.15) is 0 Å². The van der Waals surface area contributed by atoms with Gasteiger partial charge in [-0.25, -0.2) is 4.98 Å². The summed E-state index contributed by atoms with van der Waals surface area (Å²) in [6.07, 6.45) is 2.07. The van der Waals surface area contributed by atoms with E-state index in [1.54, 1.807) is 12.1 Å². The fourth-order valence-electron chi connectivity index (χ4n) is 1.60. The van der Waals surface area contributed by atoms with E-state index in [-0.39, 0.29) is 24.0 Å². The van der Waals surface area contributed by atoms with Crippen molar-refractivity contribution >= 4 is 21.8 Å². The summed E-state index contributed by atoms with van der Waals surface area (Å²) in [5, 5.41) is 12.0. The molecule has 1 aromatic rings. The standard InChI is InChI=1S/C13H19BrN2O2/c1-13(2,3)10(6-7-17)16-12(18)9-4-5-11(14)15-8-9/h4-5,8,10,17H,6-7H2,1-3H3,(H,16,18). The van der Waals surface area contributed by atoms with Crippen LogP contribution >= 0.6 is 15.9 Å². The Balaban J connectivity index is 2.75. The number of nitrogens with one attached hydrogen (secondary N) is 1. The lowest BCUT2D eigenvalue weighted by atomic mass is 9.85. The Bertz CT molecular complexity index is 398. The fraction of sp³-hybridized carbons (Fsp3) is 0.538. The van der Waals surface area contributed by atoms with Gasteiger partial charge in [0.05, 0.1) is 5.56 Å². The molecule has 1 unspecified atom stereocenters. The molecule has 1 amide bonds. The molecule has 0 bridgehead atoms. The summed E-state index contributed by atoms with van der Waals surface area (Å²) in [4.78, 5) is 16.1. The van der Waals surface area contributed by atoms with Crippen molar-refractivity contribution in [1.29, 1.82) is 0 Å². The zero-order valence-electron chi connectivity index (χ0n) is 10.9. The van der Waals surface area contributed by atoms with Gasteiger partial charge in [0.1, 0.15) is 4.60 Å². The van der Waals surface area contributed by atoms with Crippen molar-refractivity contribution in [2.75, 3.05) is 6.61 Å². The van der Waals surface area contributed by atoms with E-state index in [4.69, 9.17) is 5.11 Å². The maximum Gasteiger partial charge on any atom is 0.253 e. The van der Waals surface area contributed by atoms with Crippen molar-refractivity contribution in [2.45, 2.75) is 33.2 Å².